The zero-order valence-corrected chi connectivity index (χ0v) is 15.6. The number of aromatic hydroxyl groups is 1. The van der Waals surface area contributed by atoms with E-state index in [2.05, 4.69) is 39.5 Å². The Morgan fingerprint density at radius 2 is 1.68 bits per heavy atom. The molecule has 0 bridgehead atoms. The molecule has 1 aliphatic heterocycles. The normalized spacial score (nSPS) is 15.9. The lowest BCUT2D eigenvalue weighted by Crippen LogP contribution is -2.15. The van der Waals surface area contributed by atoms with E-state index in [9.17, 15) is 5.11 Å². The van der Waals surface area contributed by atoms with Crippen molar-refractivity contribution in [3.05, 3.63) is 99.0 Å². The summed E-state index contributed by atoms with van der Waals surface area (Å²) in [4.78, 5) is 0. The summed E-state index contributed by atoms with van der Waals surface area (Å²) in [7, 11) is 0. The van der Waals surface area contributed by atoms with Gasteiger partial charge in [-0.25, -0.2) is 0 Å². The Morgan fingerprint density at radius 1 is 0.920 bits per heavy atom. The molecule has 0 radical (unpaired) electrons. The molecule has 1 heterocycles. The number of rotatable bonds is 2. The van der Waals surface area contributed by atoms with E-state index < -0.39 is 0 Å². The second kappa shape index (κ2) is 6.58. The average molecular weight is 413 g/mol. The van der Waals surface area contributed by atoms with Crippen molar-refractivity contribution in [2.24, 2.45) is 0 Å². The molecular formula is C21H15BrClNO. The van der Waals surface area contributed by atoms with Crippen molar-refractivity contribution in [1.82, 2.24) is 0 Å². The Kier molecular flexibility index (Phi) is 4.28. The summed E-state index contributed by atoms with van der Waals surface area (Å²) >= 11 is 10.0. The molecule has 124 valence electrons. The van der Waals surface area contributed by atoms with Gasteiger partial charge in [0.25, 0.3) is 0 Å². The first-order chi connectivity index (χ1) is 12.1. The molecule has 0 saturated carbocycles. The van der Waals surface area contributed by atoms with Gasteiger partial charge in [-0.3, -0.25) is 0 Å². The smallest absolute Gasteiger partial charge is 0.115 e. The summed E-state index contributed by atoms with van der Waals surface area (Å²) in [5, 5.41) is 13.8. The number of phenolic OH excluding ortho intramolecular Hbond substituents is 1. The molecule has 1 atom stereocenters. The quantitative estimate of drug-likeness (QED) is 0.510. The highest BCUT2D eigenvalue weighted by Crippen LogP contribution is 2.41. The fourth-order valence-corrected chi connectivity index (χ4v) is 3.71. The third-order valence-electron chi connectivity index (χ3n) is 4.33. The van der Waals surface area contributed by atoms with Crippen molar-refractivity contribution >= 4 is 38.8 Å². The number of hydrogen-bond donors (Lipinski definition) is 2. The SMILES string of the molecule is Oc1ccc([C@H]2C=C(c3ccccc3Cl)c3cc(Br)ccc3N2)cc1. The molecule has 0 unspecified atom stereocenters. The van der Waals surface area contributed by atoms with Crippen molar-refractivity contribution in [2.75, 3.05) is 5.32 Å². The van der Waals surface area contributed by atoms with Gasteiger partial charge in [0.15, 0.2) is 0 Å². The number of fused-ring (bicyclic) bond motifs is 1. The van der Waals surface area contributed by atoms with Crippen LogP contribution in [0.15, 0.2) is 77.3 Å². The lowest BCUT2D eigenvalue weighted by Gasteiger charge is -2.27. The van der Waals surface area contributed by atoms with E-state index in [-0.39, 0.29) is 11.8 Å². The van der Waals surface area contributed by atoms with Crippen LogP contribution in [0, 0.1) is 0 Å². The minimum atomic E-state index is 0.000508. The van der Waals surface area contributed by atoms with E-state index in [0.717, 1.165) is 37.4 Å². The van der Waals surface area contributed by atoms with Gasteiger partial charge < -0.3 is 10.4 Å². The predicted octanol–water partition coefficient (Wildman–Crippen LogP) is 6.41. The number of halogens is 2. The van der Waals surface area contributed by atoms with Crippen LogP contribution in [0.3, 0.4) is 0 Å². The van der Waals surface area contributed by atoms with Gasteiger partial charge in [0.05, 0.1) is 6.04 Å². The zero-order valence-electron chi connectivity index (χ0n) is 13.2. The summed E-state index contributed by atoms with van der Waals surface area (Å²) in [5.74, 6) is 0.263. The fourth-order valence-electron chi connectivity index (χ4n) is 3.11. The van der Waals surface area contributed by atoms with Gasteiger partial charge in [-0.05, 0) is 53.6 Å². The minimum Gasteiger partial charge on any atom is -0.508 e. The number of benzene rings is 3. The topological polar surface area (TPSA) is 32.3 Å². The average Bonchev–Trinajstić information content (AvgIpc) is 2.62. The molecule has 3 aromatic rings. The first-order valence-electron chi connectivity index (χ1n) is 7.94. The first kappa shape index (κ1) is 16.2. The van der Waals surface area contributed by atoms with Crippen LogP contribution in [0.4, 0.5) is 5.69 Å². The van der Waals surface area contributed by atoms with Gasteiger partial charge >= 0.3 is 0 Å². The summed E-state index contributed by atoms with van der Waals surface area (Å²) in [6, 6.07) is 21.3. The molecule has 2 nitrogen and oxygen atoms in total. The standard InChI is InChI=1S/C21H15BrClNO/c22-14-7-10-20-18(11-14)17(16-3-1-2-4-19(16)23)12-21(24-20)13-5-8-15(25)9-6-13/h1-12,21,24-25H/t21-/m1/s1. The maximum atomic E-state index is 9.55. The van der Waals surface area contributed by atoms with Crippen molar-refractivity contribution < 1.29 is 5.11 Å². The van der Waals surface area contributed by atoms with Crippen LogP contribution >= 0.6 is 27.5 Å². The van der Waals surface area contributed by atoms with Crippen LogP contribution in [0.1, 0.15) is 22.7 Å². The molecule has 0 amide bonds. The molecule has 2 N–H and O–H groups in total. The second-order valence-corrected chi connectivity index (χ2v) is 7.29. The van der Waals surface area contributed by atoms with E-state index in [1.54, 1.807) is 12.1 Å². The first-order valence-corrected chi connectivity index (χ1v) is 9.11. The Labute approximate surface area is 159 Å². The molecule has 25 heavy (non-hydrogen) atoms. The Morgan fingerprint density at radius 3 is 2.44 bits per heavy atom. The Balaban J connectivity index is 1.88. The lowest BCUT2D eigenvalue weighted by atomic mass is 9.89. The minimum absolute atomic E-state index is 0.000508. The van der Waals surface area contributed by atoms with E-state index in [0.29, 0.717) is 0 Å². The van der Waals surface area contributed by atoms with Gasteiger partial charge in [0, 0.05) is 26.3 Å². The van der Waals surface area contributed by atoms with Gasteiger partial charge in [-0.1, -0.05) is 57.9 Å². The van der Waals surface area contributed by atoms with Gasteiger partial charge in [-0.15, -0.1) is 0 Å². The summed E-state index contributed by atoms with van der Waals surface area (Å²) in [6.07, 6.45) is 2.18. The van der Waals surface area contributed by atoms with Crippen molar-refractivity contribution in [2.45, 2.75) is 6.04 Å². The monoisotopic (exact) mass is 411 g/mol. The van der Waals surface area contributed by atoms with Crippen molar-refractivity contribution in [3.8, 4) is 5.75 Å². The molecular weight excluding hydrogens is 398 g/mol. The molecule has 0 saturated heterocycles. The van der Waals surface area contributed by atoms with Crippen molar-refractivity contribution in [1.29, 1.82) is 0 Å². The highest BCUT2D eigenvalue weighted by Gasteiger charge is 2.22. The van der Waals surface area contributed by atoms with Crippen LogP contribution in [0.25, 0.3) is 5.57 Å². The van der Waals surface area contributed by atoms with Crippen LogP contribution in [0.5, 0.6) is 5.75 Å². The van der Waals surface area contributed by atoms with E-state index >= 15 is 0 Å². The molecule has 4 heteroatoms. The Hall–Kier alpha value is -2.23. The maximum absolute atomic E-state index is 9.55. The molecule has 0 aromatic heterocycles. The van der Waals surface area contributed by atoms with Crippen molar-refractivity contribution in [3.63, 3.8) is 0 Å². The van der Waals surface area contributed by atoms with E-state index in [4.69, 9.17) is 11.6 Å². The molecule has 3 aromatic carbocycles. The molecule has 0 fully saturated rings. The van der Waals surface area contributed by atoms with Crippen LogP contribution in [-0.4, -0.2) is 5.11 Å². The zero-order chi connectivity index (χ0) is 17.4. The summed E-state index contributed by atoms with van der Waals surface area (Å²) < 4.78 is 1.02. The molecule has 0 spiro atoms. The largest absolute Gasteiger partial charge is 0.508 e. The summed E-state index contributed by atoms with van der Waals surface area (Å²) in [5.41, 5.74) is 5.35. The lowest BCUT2D eigenvalue weighted by molar-refractivity contribution is 0.475. The van der Waals surface area contributed by atoms with E-state index in [1.807, 2.05) is 42.5 Å². The number of anilines is 1. The molecule has 4 rings (SSSR count). The Bertz CT molecular complexity index is 966. The van der Waals surface area contributed by atoms with Gasteiger partial charge in [0.1, 0.15) is 5.75 Å². The maximum Gasteiger partial charge on any atom is 0.115 e. The van der Waals surface area contributed by atoms with E-state index in [1.165, 1.54) is 0 Å². The highest BCUT2D eigenvalue weighted by atomic mass is 79.9. The van der Waals surface area contributed by atoms with Crippen LogP contribution in [0.2, 0.25) is 5.02 Å². The highest BCUT2D eigenvalue weighted by molar-refractivity contribution is 9.10. The third-order valence-corrected chi connectivity index (χ3v) is 5.16. The van der Waals surface area contributed by atoms with Gasteiger partial charge in [0.2, 0.25) is 0 Å². The number of hydrogen-bond acceptors (Lipinski definition) is 2. The molecule has 0 aliphatic carbocycles. The van der Waals surface area contributed by atoms with Crippen LogP contribution < -0.4 is 5.32 Å². The second-order valence-electron chi connectivity index (χ2n) is 5.96. The third kappa shape index (κ3) is 3.17. The van der Waals surface area contributed by atoms with Gasteiger partial charge in [-0.2, -0.15) is 0 Å². The number of phenols is 1. The number of nitrogens with one attached hydrogen (secondary N) is 1. The fraction of sp³-hybridized carbons (Fsp3) is 0.0476. The van der Waals surface area contributed by atoms with Crippen LogP contribution in [-0.2, 0) is 0 Å². The summed E-state index contributed by atoms with van der Waals surface area (Å²) in [6.45, 7) is 0. The molecule has 1 aliphatic rings. The predicted molar refractivity (Wildman–Crippen MR) is 107 cm³/mol.